The zero-order chi connectivity index (χ0) is 18.6. The lowest BCUT2D eigenvalue weighted by molar-refractivity contribution is 0.0988. The van der Waals surface area contributed by atoms with E-state index >= 15 is 0 Å². The van der Waals surface area contributed by atoms with Gasteiger partial charge in [-0.05, 0) is 36.4 Å². The molecule has 2 aromatic heterocycles. The van der Waals surface area contributed by atoms with Crippen molar-refractivity contribution in [2.75, 3.05) is 17.3 Å². The first kappa shape index (κ1) is 16.7. The Bertz CT molecular complexity index is 1090. The molecule has 2 aromatic carbocycles. The van der Waals surface area contributed by atoms with Crippen LogP contribution in [0, 0.1) is 0 Å². The summed E-state index contributed by atoms with van der Waals surface area (Å²) in [5.41, 5.74) is 3.74. The fourth-order valence-corrected chi connectivity index (χ4v) is 2.93. The van der Waals surface area contributed by atoms with E-state index in [0.29, 0.717) is 5.69 Å². The Balaban J connectivity index is 1.62. The van der Waals surface area contributed by atoms with E-state index in [1.54, 1.807) is 30.4 Å². The number of benzene rings is 2. The molecule has 0 unspecified atom stereocenters. The van der Waals surface area contributed by atoms with E-state index in [0.717, 1.165) is 28.0 Å². The Morgan fingerprint density at radius 3 is 2.56 bits per heavy atom. The number of amides is 1. The van der Waals surface area contributed by atoms with Crippen LogP contribution in [-0.2, 0) is 0 Å². The quantitative estimate of drug-likeness (QED) is 0.579. The maximum Gasteiger partial charge on any atom is 0.276 e. The predicted molar refractivity (Wildman–Crippen MR) is 108 cm³/mol. The van der Waals surface area contributed by atoms with Crippen LogP contribution in [0.25, 0.3) is 10.9 Å². The van der Waals surface area contributed by atoms with Gasteiger partial charge in [0.15, 0.2) is 0 Å². The van der Waals surface area contributed by atoms with Crippen molar-refractivity contribution < 1.29 is 4.79 Å². The number of rotatable bonds is 4. The molecular formula is C22H18N4O. The summed E-state index contributed by atoms with van der Waals surface area (Å²) in [6.07, 6.45) is 3.40. The van der Waals surface area contributed by atoms with Gasteiger partial charge in [0.1, 0.15) is 5.69 Å². The van der Waals surface area contributed by atoms with Crippen LogP contribution in [0.4, 0.5) is 17.1 Å². The Labute approximate surface area is 157 Å². The molecule has 0 bridgehead atoms. The molecule has 5 nitrogen and oxygen atoms in total. The van der Waals surface area contributed by atoms with Gasteiger partial charge in [-0.25, -0.2) is 0 Å². The second-order valence-electron chi connectivity index (χ2n) is 6.14. The highest BCUT2D eigenvalue weighted by atomic mass is 16.2. The Morgan fingerprint density at radius 2 is 1.70 bits per heavy atom. The molecule has 0 radical (unpaired) electrons. The fourth-order valence-electron chi connectivity index (χ4n) is 2.93. The van der Waals surface area contributed by atoms with Gasteiger partial charge in [-0.2, -0.15) is 0 Å². The Morgan fingerprint density at radius 1 is 0.889 bits per heavy atom. The lowest BCUT2D eigenvalue weighted by Crippen LogP contribution is -2.27. The largest absolute Gasteiger partial charge is 0.354 e. The van der Waals surface area contributed by atoms with Crippen molar-refractivity contribution >= 4 is 33.9 Å². The summed E-state index contributed by atoms with van der Waals surface area (Å²) < 4.78 is 0. The summed E-state index contributed by atoms with van der Waals surface area (Å²) in [5, 5.41) is 4.40. The number of para-hydroxylation sites is 2. The van der Waals surface area contributed by atoms with Crippen LogP contribution in [0.2, 0.25) is 0 Å². The number of pyridine rings is 2. The summed E-state index contributed by atoms with van der Waals surface area (Å²) in [5.74, 6) is -0.166. The average Bonchev–Trinajstić information content (AvgIpc) is 2.74. The van der Waals surface area contributed by atoms with E-state index in [1.807, 2.05) is 66.7 Å². The van der Waals surface area contributed by atoms with Crippen molar-refractivity contribution in [3.8, 4) is 0 Å². The van der Waals surface area contributed by atoms with Crippen molar-refractivity contribution in [2.45, 2.75) is 0 Å². The van der Waals surface area contributed by atoms with Crippen molar-refractivity contribution in [3.05, 3.63) is 90.9 Å². The third kappa shape index (κ3) is 3.48. The van der Waals surface area contributed by atoms with Crippen LogP contribution in [0.15, 0.2) is 85.2 Å². The van der Waals surface area contributed by atoms with Crippen LogP contribution in [0.3, 0.4) is 0 Å². The average molecular weight is 354 g/mol. The lowest BCUT2D eigenvalue weighted by Gasteiger charge is -2.17. The normalized spacial score (nSPS) is 10.6. The number of aromatic nitrogens is 2. The topological polar surface area (TPSA) is 58.1 Å². The number of carbonyl (C=O) groups excluding carboxylic acids is 1. The summed E-state index contributed by atoms with van der Waals surface area (Å²) in [4.78, 5) is 23.1. The van der Waals surface area contributed by atoms with E-state index < -0.39 is 0 Å². The van der Waals surface area contributed by atoms with Crippen LogP contribution < -0.4 is 10.2 Å². The first-order chi connectivity index (χ1) is 13.2. The number of fused-ring (bicyclic) bond motifs is 1. The molecule has 4 aromatic rings. The number of anilines is 3. The van der Waals surface area contributed by atoms with Gasteiger partial charge >= 0.3 is 0 Å². The summed E-state index contributed by atoms with van der Waals surface area (Å²) in [6, 6.07) is 23.0. The number of carbonyl (C=O) groups is 1. The van der Waals surface area contributed by atoms with E-state index in [2.05, 4.69) is 15.3 Å². The molecule has 0 saturated heterocycles. The molecule has 0 saturated carbocycles. The van der Waals surface area contributed by atoms with E-state index in [-0.39, 0.29) is 5.91 Å². The molecule has 1 amide bonds. The second kappa shape index (κ2) is 7.25. The highest BCUT2D eigenvalue weighted by Gasteiger charge is 2.15. The monoisotopic (exact) mass is 354 g/mol. The second-order valence-corrected chi connectivity index (χ2v) is 6.14. The standard InChI is InChI=1S/C22H18N4O/c1-26(18-9-3-2-4-10-18)22(27)20-15-17(12-14-23-20)25-19-11-5-7-16-8-6-13-24-21(16)19/h2-15H,1H3,(H,23,25). The molecule has 0 aliphatic carbocycles. The third-order valence-corrected chi connectivity index (χ3v) is 4.34. The van der Waals surface area contributed by atoms with Crippen molar-refractivity contribution in [1.29, 1.82) is 0 Å². The van der Waals surface area contributed by atoms with Crippen LogP contribution in [0.1, 0.15) is 10.5 Å². The molecule has 0 atom stereocenters. The van der Waals surface area contributed by atoms with Crippen molar-refractivity contribution in [1.82, 2.24) is 9.97 Å². The predicted octanol–water partition coefficient (Wildman–Crippen LogP) is 4.65. The number of nitrogens with zero attached hydrogens (tertiary/aromatic N) is 3. The van der Waals surface area contributed by atoms with Crippen LogP contribution in [0.5, 0.6) is 0 Å². The molecule has 132 valence electrons. The maximum atomic E-state index is 12.8. The molecule has 0 fully saturated rings. The van der Waals surface area contributed by atoms with Gasteiger partial charge in [0.2, 0.25) is 0 Å². The molecule has 0 spiro atoms. The summed E-state index contributed by atoms with van der Waals surface area (Å²) >= 11 is 0. The van der Waals surface area contributed by atoms with Crippen molar-refractivity contribution in [2.24, 2.45) is 0 Å². The minimum absolute atomic E-state index is 0.166. The SMILES string of the molecule is CN(C(=O)c1cc(Nc2cccc3cccnc23)ccn1)c1ccccc1. The number of hydrogen-bond acceptors (Lipinski definition) is 4. The molecule has 2 heterocycles. The molecule has 0 aliphatic heterocycles. The maximum absolute atomic E-state index is 12.8. The molecule has 1 N–H and O–H groups in total. The van der Waals surface area contributed by atoms with Gasteiger partial charge < -0.3 is 10.2 Å². The van der Waals surface area contributed by atoms with Gasteiger partial charge in [0, 0.05) is 36.2 Å². The first-order valence-electron chi connectivity index (χ1n) is 8.62. The van der Waals surface area contributed by atoms with E-state index in [1.165, 1.54) is 0 Å². The number of hydrogen-bond donors (Lipinski definition) is 1. The summed E-state index contributed by atoms with van der Waals surface area (Å²) in [6.45, 7) is 0. The Hall–Kier alpha value is -3.73. The minimum Gasteiger partial charge on any atom is -0.354 e. The zero-order valence-corrected chi connectivity index (χ0v) is 14.8. The molecule has 4 rings (SSSR count). The highest BCUT2D eigenvalue weighted by molar-refractivity contribution is 6.05. The zero-order valence-electron chi connectivity index (χ0n) is 14.8. The van der Waals surface area contributed by atoms with Crippen LogP contribution in [-0.4, -0.2) is 22.9 Å². The molecular weight excluding hydrogens is 336 g/mol. The van der Waals surface area contributed by atoms with Gasteiger partial charge in [0.05, 0.1) is 11.2 Å². The van der Waals surface area contributed by atoms with Gasteiger partial charge in [-0.1, -0.05) is 36.4 Å². The van der Waals surface area contributed by atoms with Gasteiger partial charge in [-0.3, -0.25) is 14.8 Å². The van der Waals surface area contributed by atoms with Gasteiger partial charge in [-0.15, -0.1) is 0 Å². The van der Waals surface area contributed by atoms with E-state index in [9.17, 15) is 4.79 Å². The molecule has 27 heavy (non-hydrogen) atoms. The summed E-state index contributed by atoms with van der Waals surface area (Å²) in [7, 11) is 1.74. The van der Waals surface area contributed by atoms with Crippen LogP contribution >= 0.6 is 0 Å². The number of nitrogens with one attached hydrogen (secondary N) is 1. The minimum atomic E-state index is -0.166. The lowest BCUT2D eigenvalue weighted by atomic mass is 10.2. The van der Waals surface area contributed by atoms with E-state index in [4.69, 9.17) is 0 Å². The fraction of sp³-hybridized carbons (Fsp3) is 0.0455. The third-order valence-electron chi connectivity index (χ3n) is 4.34. The molecule has 5 heteroatoms. The smallest absolute Gasteiger partial charge is 0.276 e. The molecule has 0 aliphatic rings. The highest BCUT2D eigenvalue weighted by Crippen LogP contribution is 2.25. The van der Waals surface area contributed by atoms with Gasteiger partial charge in [0.25, 0.3) is 5.91 Å². The Kier molecular flexibility index (Phi) is 4.49. The first-order valence-corrected chi connectivity index (χ1v) is 8.62. The van der Waals surface area contributed by atoms with Crippen molar-refractivity contribution in [3.63, 3.8) is 0 Å².